The molecule has 9 nitrogen and oxygen atoms in total. The van der Waals surface area contributed by atoms with E-state index in [9.17, 15) is 14.7 Å². The Balaban J connectivity index is 2.14. The Morgan fingerprint density at radius 2 is 2.00 bits per heavy atom. The molecule has 2 aromatic rings. The molecule has 0 spiro atoms. The van der Waals surface area contributed by atoms with E-state index in [1.807, 2.05) is 25.5 Å². The SMILES string of the molecule is CC(C)=CCn1c(N2CCCC(N(C)CCO)C2)nc2c1c(=O)n(C)c(=O)n2C. The average Bonchev–Trinajstić information content (AvgIpc) is 3.09. The van der Waals surface area contributed by atoms with Gasteiger partial charge in [-0.1, -0.05) is 11.6 Å². The van der Waals surface area contributed by atoms with Crippen LogP contribution >= 0.6 is 0 Å². The summed E-state index contributed by atoms with van der Waals surface area (Å²) in [6.07, 6.45) is 4.12. The molecule has 2 aromatic heterocycles. The van der Waals surface area contributed by atoms with Gasteiger partial charge >= 0.3 is 5.69 Å². The van der Waals surface area contributed by atoms with Crippen molar-refractivity contribution >= 4 is 17.1 Å². The molecule has 0 bridgehead atoms. The Kier molecular flexibility index (Phi) is 6.28. The van der Waals surface area contributed by atoms with Crippen molar-refractivity contribution in [3.8, 4) is 0 Å². The molecular formula is C20H32N6O3. The smallest absolute Gasteiger partial charge is 0.332 e. The van der Waals surface area contributed by atoms with Crippen molar-refractivity contribution in [3.63, 3.8) is 0 Å². The maximum Gasteiger partial charge on any atom is 0.332 e. The number of piperidine rings is 1. The van der Waals surface area contributed by atoms with Crippen molar-refractivity contribution < 1.29 is 5.11 Å². The second-order valence-electron chi connectivity index (χ2n) is 8.13. The molecule has 29 heavy (non-hydrogen) atoms. The molecule has 160 valence electrons. The lowest BCUT2D eigenvalue weighted by atomic mass is 10.0. The summed E-state index contributed by atoms with van der Waals surface area (Å²) >= 11 is 0. The van der Waals surface area contributed by atoms with Gasteiger partial charge in [0.25, 0.3) is 5.56 Å². The monoisotopic (exact) mass is 404 g/mol. The molecule has 0 amide bonds. The molecule has 1 aliphatic rings. The van der Waals surface area contributed by atoms with E-state index in [2.05, 4.69) is 15.9 Å². The summed E-state index contributed by atoms with van der Waals surface area (Å²) in [6, 6.07) is 0.305. The third kappa shape index (κ3) is 4.02. The summed E-state index contributed by atoms with van der Waals surface area (Å²) < 4.78 is 4.51. The van der Waals surface area contributed by atoms with Crippen LogP contribution in [0.15, 0.2) is 21.2 Å². The lowest BCUT2D eigenvalue weighted by Crippen LogP contribution is -2.48. The minimum atomic E-state index is -0.375. The third-order valence-electron chi connectivity index (χ3n) is 5.77. The summed E-state index contributed by atoms with van der Waals surface area (Å²) in [5.41, 5.74) is 1.32. The molecule has 1 saturated heterocycles. The molecule has 3 heterocycles. The number of nitrogens with zero attached hydrogens (tertiary/aromatic N) is 6. The van der Waals surface area contributed by atoms with Gasteiger partial charge in [0.05, 0.1) is 6.61 Å². The number of aliphatic hydroxyl groups is 1. The summed E-state index contributed by atoms with van der Waals surface area (Å²) in [5.74, 6) is 0.720. The number of imidazole rings is 1. The van der Waals surface area contributed by atoms with Crippen LogP contribution in [0, 0.1) is 0 Å². The van der Waals surface area contributed by atoms with Crippen LogP contribution in [0.25, 0.3) is 11.2 Å². The summed E-state index contributed by atoms with van der Waals surface area (Å²) in [5, 5.41) is 9.28. The zero-order valence-electron chi connectivity index (χ0n) is 18.1. The standard InChI is InChI=1S/C20H32N6O3/c1-14(2)8-10-26-16-17(23(4)20(29)24(5)18(16)28)21-19(26)25-9-6-7-15(13-25)22(3)11-12-27/h8,15,27H,6-7,9-13H2,1-5H3. The van der Waals surface area contributed by atoms with E-state index in [-0.39, 0.29) is 17.9 Å². The van der Waals surface area contributed by atoms with Gasteiger partial charge in [0.1, 0.15) is 0 Å². The number of rotatable bonds is 6. The van der Waals surface area contributed by atoms with Crippen LogP contribution in [0.4, 0.5) is 5.95 Å². The van der Waals surface area contributed by atoms with Gasteiger partial charge in [-0.15, -0.1) is 0 Å². The summed E-state index contributed by atoms with van der Waals surface area (Å²) in [4.78, 5) is 34.5. The fourth-order valence-electron chi connectivity index (χ4n) is 3.96. The van der Waals surface area contributed by atoms with E-state index >= 15 is 0 Å². The zero-order valence-corrected chi connectivity index (χ0v) is 18.1. The molecule has 9 heteroatoms. The fraction of sp³-hybridized carbons (Fsp3) is 0.650. The van der Waals surface area contributed by atoms with Gasteiger partial charge in [0, 0.05) is 46.3 Å². The number of aliphatic hydroxyl groups excluding tert-OH is 1. The number of aryl methyl sites for hydroxylation is 1. The van der Waals surface area contributed by atoms with Gasteiger partial charge in [0.2, 0.25) is 5.95 Å². The van der Waals surface area contributed by atoms with Crippen LogP contribution in [0.1, 0.15) is 26.7 Å². The van der Waals surface area contributed by atoms with Crippen molar-refractivity contribution in [2.45, 2.75) is 39.3 Å². The normalized spacial score (nSPS) is 17.3. The van der Waals surface area contributed by atoms with Crippen LogP contribution in [0.5, 0.6) is 0 Å². The highest BCUT2D eigenvalue weighted by atomic mass is 16.3. The summed E-state index contributed by atoms with van der Waals surface area (Å²) in [6.45, 7) is 6.93. The maximum atomic E-state index is 12.9. The van der Waals surface area contributed by atoms with E-state index in [0.717, 1.165) is 42.0 Å². The van der Waals surface area contributed by atoms with Gasteiger partial charge in [-0.2, -0.15) is 4.98 Å². The quantitative estimate of drug-likeness (QED) is 0.697. The van der Waals surface area contributed by atoms with Crippen molar-refractivity contribution in [1.82, 2.24) is 23.6 Å². The lowest BCUT2D eigenvalue weighted by Gasteiger charge is -2.38. The fourth-order valence-corrected chi connectivity index (χ4v) is 3.96. The Bertz CT molecular complexity index is 1030. The number of fused-ring (bicyclic) bond motifs is 1. The van der Waals surface area contributed by atoms with Gasteiger partial charge in [-0.3, -0.25) is 18.8 Å². The predicted octanol–water partition coefficient (Wildman–Crippen LogP) is 0.293. The first-order valence-electron chi connectivity index (χ1n) is 10.1. The van der Waals surface area contributed by atoms with Crippen molar-refractivity contribution in [1.29, 1.82) is 0 Å². The topological polar surface area (TPSA) is 88.5 Å². The van der Waals surface area contributed by atoms with E-state index in [1.165, 1.54) is 11.6 Å². The second-order valence-corrected chi connectivity index (χ2v) is 8.13. The highest BCUT2D eigenvalue weighted by molar-refractivity contribution is 5.74. The van der Waals surface area contributed by atoms with Crippen molar-refractivity contribution in [2.24, 2.45) is 14.1 Å². The van der Waals surface area contributed by atoms with Crippen LogP contribution in [-0.2, 0) is 20.6 Å². The Morgan fingerprint density at radius 3 is 2.66 bits per heavy atom. The van der Waals surface area contributed by atoms with Crippen molar-refractivity contribution in [2.75, 3.05) is 38.2 Å². The maximum absolute atomic E-state index is 12.9. The third-order valence-corrected chi connectivity index (χ3v) is 5.77. The first-order chi connectivity index (χ1) is 13.8. The van der Waals surface area contributed by atoms with Crippen LogP contribution in [-0.4, -0.2) is 68.0 Å². The van der Waals surface area contributed by atoms with Gasteiger partial charge < -0.3 is 14.6 Å². The largest absolute Gasteiger partial charge is 0.395 e. The van der Waals surface area contributed by atoms with Crippen molar-refractivity contribution in [3.05, 3.63) is 32.5 Å². The van der Waals surface area contributed by atoms with Gasteiger partial charge in [-0.25, -0.2) is 4.79 Å². The molecule has 1 unspecified atom stereocenters. The second kappa shape index (κ2) is 8.54. The first kappa shape index (κ1) is 21.3. The Morgan fingerprint density at radius 1 is 1.28 bits per heavy atom. The molecule has 1 fully saturated rings. The van der Waals surface area contributed by atoms with Gasteiger partial charge in [-0.05, 0) is 33.7 Å². The highest BCUT2D eigenvalue weighted by Crippen LogP contribution is 2.25. The number of allylic oxidation sites excluding steroid dienone is 2. The molecule has 1 aliphatic heterocycles. The molecule has 3 rings (SSSR count). The Labute approximate surface area is 170 Å². The molecule has 0 aromatic carbocycles. The van der Waals surface area contributed by atoms with E-state index in [1.54, 1.807) is 7.05 Å². The number of hydrogen-bond acceptors (Lipinski definition) is 6. The van der Waals surface area contributed by atoms with Crippen LogP contribution in [0.3, 0.4) is 0 Å². The lowest BCUT2D eigenvalue weighted by molar-refractivity contribution is 0.166. The first-order valence-corrected chi connectivity index (χ1v) is 10.1. The molecule has 0 saturated carbocycles. The van der Waals surface area contributed by atoms with E-state index < -0.39 is 0 Å². The zero-order chi connectivity index (χ0) is 21.3. The molecule has 1 atom stereocenters. The predicted molar refractivity (Wildman–Crippen MR) is 115 cm³/mol. The number of hydrogen-bond donors (Lipinski definition) is 1. The molecular weight excluding hydrogens is 372 g/mol. The molecule has 0 aliphatic carbocycles. The number of aromatic nitrogens is 4. The van der Waals surface area contributed by atoms with Crippen LogP contribution in [0.2, 0.25) is 0 Å². The number of anilines is 1. The van der Waals surface area contributed by atoms with Crippen LogP contribution < -0.4 is 16.1 Å². The minimum absolute atomic E-state index is 0.129. The minimum Gasteiger partial charge on any atom is -0.395 e. The molecule has 0 radical (unpaired) electrons. The highest BCUT2D eigenvalue weighted by Gasteiger charge is 2.28. The molecule has 1 N–H and O–H groups in total. The summed E-state index contributed by atoms with van der Waals surface area (Å²) in [7, 11) is 5.18. The Hall–Kier alpha value is -2.39. The number of likely N-dealkylation sites (N-methyl/N-ethyl adjacent to an activating group) is 1. The van der Waals surface area contributed by atoms with E-state index in [0.29, 0.717) is 30.3 Å². The van der Waals surface area contributed by atoms with E-state index in [4.69, 9.17) is 4.98 Å². The average molecular weight is 405 g/mol. The van der Waals surface area contributed by atoms with Gasteiger partial charge in [0.15, 0.2) is 11.2 Å².